The molecule has 0 atom stereocenters. The molecular formula is C12H4Cl5F. The van der Waals surface area contributed by atoms with E-state index in [2.05, 4.69) is 0 Å². The fourth-order valence-electron chi connectivity index (χ4n) is 1.50. The maximum atomic E-state index is 13.2. The van der Waals surface area contributed by atoms with Crippen molar-refractivity contribution in [3.8, 4) is 11.1 Å². The molecule has 6 heteroatoms. The number of halogens is 6. The van der Waals surface area contributed by atoms with Gasteiger partial charge in [-0.2, -0.15) is 0 Å². The van der Waals surface area contributed by atoms with E-state index < -0.39 is 5.82 Å². The van der Waals surface area contributed by atoms with Gasteiger partial charge in [0.05, 0.1) is 25.1 Å². The van der Waals surface area contributed by atoms with Crippen LogP contribution in [0.25, 0.3) is 11.1 Å². The minimum Gasteiger partial charge on any atom is -0.207 e. The second kappa shape index (κ2) is 5.44. The first-order valence-electron chi connectivity index (χ1n) is 4.71. The third kappa shape index (κ3) is 2.43. The van der Waals surface area contributed by atoms with Crippen molar-refractivity contribution >= 4 is 58.0 Å². The summed E-state index contributed by atoms with van der Waals surface area (Å²) in [6.07, 6.45) is 0. The van der Waals surface area contributed by atoms with Gasteiger partial charge in [0.1, 0.15) is 5.82 Å². The van der Waals surface area contributed by atoms with Crippen molar-refractivity contribution in [1.82, 2.24) is 0 Å². The van der Waals surface area contributed by atoms with Crippen molar-refractivity contribution in [2.45, 2.75) is 0 Å². The van der Waals surface area contributed by atoms with Gasteiger partial charge >= 0.3 is 0 Å². The Kier molecular flexibility index (Phi) is 4.30. The molecule has 0 unspecified atom stereocenters. The third-order valence-electron chi connectivity index (χ3n) is 2.32. The van der Waals surface area contributed by atoms with Crippen LogP contribution in [0.3, 0.4) is 0 Å². The van der Waals surface area contributed by atoms with E-state index in [1.165, 1.54) is 18.2 Å². The monoisotopic (exact) mass is 342 g/mol. The summed E-state index contributed by atoms with van der Waals surface area (Å²) in [6.45, 7) is 0. The topological polar surface area (TPSA) is 0 Å². The number of rotatable bonds is 1. The van der Waals surface area contributed by atoms with E-state index in [1.807, 2.05) is 0 Å². The predicted octanol–water partition coefficient (Wildman–Crippen LogP) is 6.76. The Hall–Kier alpha value is -0.180. The molecule has 0 fully saturated rings. The zero-order valence-corrected chi connectivity index (χ0v) is 12.4. The molecule has 0 nitrogen and oxygen atoms in total. The van der Waals surface area contributed by atoms with Crippen LogP contribution in [0, 0.1) is 5.82 Å². The highest BCUT2D eigenvalue weighted by Crippen LogP contribution is 2.48. The predicted molar refractivity (Wildman–Crippen MR) is 76.9 cm³/mol. The highest BCUT2D eigenvalue weighted by molar-refractivity contribution is 6.56. The minimum absolute atomic E-state index is 0.0773. The van der Waals surface area contributed by atoms with Crippen molar-refractivity contribution in [2.24, 2.45) is 0 Å². The van der Waals surface area contributed by atoms with Gasteiger partial charge in [-0.05, 0) is 17.7 Å². The van der Waals surface area contributed by atoms with Gasteiger partial charge in [-0.15, -0.1) is 0 Å². The summed E-state index contributed by atoms with van der Waals surface area (Å²) in [6, 6.07) is 5.78. The molecule has 0 aromatic heterocycles. The van der Waals surface area contributed by atoms with Crippen molar-refractivity contribution in [1.29, 1.82) is 0 Å². The Bertz CT molecular complexity index is 595. The van der Waals surface area contributed by atoms with Crippen LogP contribution in [0.15, 0.2) is 24.3 Å². The van der Waals surface area contributed by atoms with Gasteiger partial charge in [0.2, 0.25) is 0 Å². The summed E-state index contributed by atoms with van der Waals surface area (Å²) in [7, 11) is 0. The summed E-state index contributed by atoms with van der Waals surface area (Å²) in [4.78, 5) is 0. The lowest BCUT2D eigenvalue weighted by atomic mass is 10.1. The lowest BCUT2D eigenvalue weighted by Gasteiger charge is -2.12. The van der Waals surface area contributed by atoms with Gasteiger partial charge in [0, 0.05) is 5.56 Å². The van der Waals surface area contributed by atoms with E-state index in [0.29, 0.717) is 11.1 Å². The molecule has 0 radical (unpaired) electrons. The van der Waals surface area contributed by atoms with Gasteiger partial charge in [0.15, 0.2) is 0 Å². The number of hydrogen-bond donors (Lipinski definition) is 0. The van der Waals surface area contributed by atoms with E-state index in [4.69, 9.17) is 58.0 Å². The second-order valence-electron chi connectivity index (χ2n) is 3.46. The summed E-state index contributed by atoms with van der Waals surface area (Å²) < 4.78 is 13.2. The van der Waals surface area contributed by atoms with Crippen LogP contribution in [0.1, 0.15) is 0 Å². The zero-order valence-electron chi connectivity index (χ0n) is 8.58. The van der Waals surface area contributed by atoms with Crippen LogP contribution < -0.4 is 0 Å². The lowest BCUT2D eigenvalue weighted by Crippen LogP contribution is -1.87. The first-order valence-corrected chi connectivity index (χ1v) is 6.60. The van der Waals surface area contributed by atoms with E-state index in [1.54, 1.807) is 6.07 Å². The van der Waals surface area contributed by atoms with Crippen LogP contribution >= 0.6 is 58.0 Å². The summed E-state index contributed by atoms with van der Waals surface area (Å²) in [5.41, 5.74) is 0.836. The van der Waals surface area contributed by atoms with Crippen LogP contribution in [0.5, 0.6) is 0 Å². The van der Waals surface area contributed by atoms with Gasteiger partial charge < -0.3 is 0 Å². The molecule has 94 valence electrons. The zero-order chi connectivity index (χ0) is 13.4. The SMILES string of the molecule is Fc1cccc(-c2c(Cl)c(Cl)c(Cl)c(Cl)c2Cl)c1. The molecule has 0 aliphatic rings. The quantitative estimate of drug-likeness (QED) is 0.396. The van der Waals surface area contributed by atoms with Crippen LogP contribution in [0.4, 0.5) is 4.39 Å². The van der Waals surface area contributed by atoms with Gasteiger partial charge in [0.25, 0.3) is 0 Å². The molecule has 0 amide bonds. The Labute approximate surface area is 128 Å². The highest BCUT2D eigenvalue weighted by atomic mass is 35.5. The van der Waals surface area contributed by atoms with Gasteiger partial charge in [-0.25, -0.2) is 4.39 Å². The Morgan fingerprint density at radius 1 is 0.722 bits per heavy atom. The molecule has 0 N–H and O–H groups in total. The van der Waals surface area contributed by atoms with Crippen LogP contribution in [-0.2, 0) is 0 Å². The second-order valence-corrected chi connectivity index (χ2v) is 5.35. The summed E-state index contributed by atoms with van der Waals surface area (Å²) >= 11 is 29.9. The van der Waals surface area contributed by atoms with E-state index >= 15 is 0 Å². The van der Waals surface area contributed by atoms with Crippen molar-refractivity contribution in [2.75, 3.05) is 0 Å². The number of benzene rings is 2. The minimum atomic E-state index is -0.415. The summed E-state index contributed by atoms with van der Waals surface area (Å²) in [5, 5.41) is 0.538. The lowest BCUT2D eigenvalue weighted by molar-refractivity contribution is 0.628. The van der Waals surface area contributed by atoms with Crippen LogP contribution in [-0.4, -0.2) is 0 Å². The van der Waals surface area contributed by atoms with Crippen molar-refractivity contribution in [3.63, 3.8) is 0 Å². The molecule has 0 heterocycles. The average molecular weight is 344 g/mol. The molecule has 0 spiro atoms. The van der Waals surface area contributed by atoms with Gasteiger partial charge in [-0.1, -0.05) is 70.1 Å². The largest absolute Gasteiger partial charge is 0.207 e. The normalized spacial score (nSPS) is 10.8. The third-order valence-corrected chi connectivity index (χ3v) is 4.60. The molecule has 0 bridgehead atoms. The standard InChI is InChI=1S/C12H4Cl5F/c13-8-7(5-2-1-3-6(18)4-5)9(14)11(16)12(17)10(8)15/h1-4H. The average Bonchev–Trinajstić information content (AvgIpc) is 2.34. The van der Waals surface area contributed by atoms with E-state index in [-0.39, 0.29) is 25.1 Å². The smallest absolute Gasteiger partial charge is 0.123 e. The fourth-order valence-corrected chi connectivity index (χ4v) is 2.86. The molecule has 0 saturated carbocycles. The molecule has 2 aromatic carbocycles. The Morgan fingerprint density at radius 2 is 1.22 bits per heavy atom. The molecule has 0 aliphatic carbocycles. The van der Waals surface area contributed by atoms with Crippen molar-refractivity contribution in [3.05, 3.63) is 55.2 Å². The Balaban J connectivity index is 2.80. The molecule has 2 aromatic rings. The molecule has 0 saturated heterocycles. The molecule has 18 heavy (non-hydrogen) atoms. The molecule has 2 rings (SSSR count). The maximum Gasteiger partial charge on any atom is 0.123 e. The molecule has 0 aliphatic heterocycles. The van der Waals surface area contributed by atoms with E-state index in [9.17, 15) is 4.39 Å². The van der Waals surface area contributed by atoms with E-state index in [0.717, 1.165) is 0 Å². The van der Waals surface area contributed by atoms with Crippen LogP contribution in [0.2, 0.25) is 25.1 Å². The fraction of sp³-hybridized carbons (Fsp3) is 0. The number of hydrogen-bond acceptors (Lipinski definition) is 0. The first-order chi connectivity index (χ1) is 8.43. The Morgan fingerprint density at radius 3 is 1.72 bits per heavy atom. The molecular weight excluding hydrogens is 340 g/mol. The van der Waals surface area contributed by atoms with Crippen molar-refractivity contribution < 1.29 is 4.39 Å². The summed E-state index contributed by atoms with van der Waals surface area (Å²) in [5.74, 6) is -0.415. The highest BCUT2D eigenvalue weighted by Gasteiger charge is 2.20. The van der Waals surface area contributed by atoms with Gasteiger partial charge in [-0.3, -0.25) is 0 Å². The maximum absolute atomic E-state index is 13.2. The first kappa shape index (κ1) is 14.2.